The number of carbonyl (C=O) groups excluding carboxylic acids is 1. The van der Waals surface area contributed by atoms with Crippen molar-refractivity contribution in [3.05, 3.63) is 48.0 Å². The maximum Gasteiger partial charge on any atom is 0.256 e. The van der Waals surface area contributed by atoms with Crippen LogP contribution in [0.15, 0.2) is 36.9 Å². The van der Waals surface area contributed by atoms with E-state index < -0.39 is 0 Å². The fourth-order valence-corrected chi connectivity index (χ4v) is 3.11. The van der Waals surface area contributed by atoms with Crippen LogP contribution in [-0.2, 0) is 6.42 Å². The average Bonchev–Trinajstić information content (AvgIpc) is 2.68. The van der Waals surface area contributed by atoms with Crippen LogP contribution >= 0.6 is 0 Å². The molecule has 2 aromatic rings. The van der Waals surface area contributed by atoms with Gasteiger partial charge in [0.05, 0.1) is 5.56 Å². The number of anilines is 1. The molecule has 0 unspecified atom stereocenters. The lowest BCUT2D eigenvalue weighted by Gasteiger charge is -2.22. The maximum atomic E-state index is 12.5. The van der Waals surface area contributed by atoms with Gasteiger partial charge in [0.1, 0.15) is 0 Å². The van der Waals surface area contributed by atoms with Crippen molar-refractivity contribution in [3.8, 4) is 0 Å². The predicted molar refractivity (Wildman–Crippen MR) is 97.4 cm³/mol. The molecule has 1 amide bonds. The smallest absolute Gasteiger partial charge is 0.256 e. The summed E-state index contributed by atoms with van der Waals surface area (Å²) in [4.78, 5) is 26.8. The van der Waals surface area contributed by atoms with Crippen molar-refractivity contribution in [2.75, 3.05) is 18.9 Å². The van der Waals surface area contributed by atoms with Crippen molar-refractivity contribution >= 4 is 11.9 Å². The van der Waals surface area contributed by atoms with Gasteiger partial charge in [0, 0.05) is 44.4 Å². The third kappa shape index (κ3) is 4.98. The molecule has 2 heterocycles. The summed E-state index contributed by atoms with van der Waals surface area (Å²) in [6.45, 7) is 0.644. The molecule has 6 heteroatoms. The maximum absolute atomic E-state index is 12.5. The number of amides is 1. The summed E-state index contributed by atoms with van der Waals surface area (Å²) in [5, 5.41) is 3.37. The molecule has 0 aliphatic heterocycles. The largest absolute Gasteiger partial charge is 0.351 e. The van der Waals surface area contributed by atoms with E-state index >= 15 is 0 Å². The molecule has 0 bridgehead atoms. The van der Waals surface area contributed by atoms with Crippen molar-refractivity contribution < 1.29 is 4.79 Å². The van der Waals surface area contributed by atoms with Gasteiger partial charge < -0.3 is 10.2 Å². The molecule has 1 saturated carbocycles. The minimum Gasteiger partial charge on any atom is -0.351 e. The molecular weight excluding hydrogens is 314 g/mol. The van der Waals surface area contributed by atoms with Gasteiger partial charge in [0.15, 0.2) is 0 Å². The van der Waals surface area contributed by atoms with Gasteiger partial charge in [0.25, 0.3) is 5.91 Å². The van der Waals surface area contributed by atoms with Gasteiger partial charge in [-0.2, -0.15) is 0 Å². The molecule has 0 atom stereocenters. The zero-order valence-electron chi connectivity index (χ0n) is 14.7. The van der Waals surface area contributed by atoms with Crippen molar-refractivity contribution in [1.82, 2.24) is 19.9 Å². The van der Waals surface area contributed by atoms with Gasteiger partial charge in [-0.3, -0.25) is 9.78 Å². The molecule has 0 spiro atoms. The average molecular weight is 339 g/mol. The van der Waals surface area contributed by atoms with E-state index in [1.807, 2.05) is 12.1 Å². The summed E-state index contributed by atoms with van der Waals surface area (Å²) in [6, 6.07) is 4.39. The summed E-state index contributed by atoms with van der Waals surface area (Å²) in [5.41, 5.74) is 1.68. The third-order valence-electron chi connectivity index (χ3n) is 4.67. The first-order valence-electron chi connectivity index (χ1n) is 8.95. The number of nitrogens with zero attached hydrogens (tertiary/aromatic N) is 4. The van der Waals surface area contributed by atoms with E-state index in [1.54, 1.807) is 36.7 Å². The molecule has 1 aliphatic carbocycles. The molecular formula is C19H25N5O. The molecule has 1 aliphatic rings. The summed E-state index contributed by atoms with van der Waals surface area (Å²) in [5.74, 6) is 0.557. The second-order valence-corrected chi connectivity index (χ2v) is 6.61. The van der Waals surface area contributed by atoms with Crippen molar-refractivity contribution in [2.45, 2.75) is 44.6 Å². The standard InChI is InChI=1S/C19H25N5O/c1-24(12-9-15-7-10-20-11-8-15)18(25)16-13-21-19(22-14-16)23-17-5-3-2-4-6-17/h7-8,10-11,13-14,17H,2-6,9,12H2,1H3,(H,21,22,23). The first kappa shape index (κ1) is 17.3. The molecule has 132 valence electrons. The number of pyridine rings is 1. The molecule has 25 heavy (non-hydrogen) atoms. The van der Waals surface area contributed by atoms with E-state index in [4.69, 9.17) is 0 Å². The lowest BCUT2D eigenvalue weighted by atomic mass is 9.96. The quantitative estimate of drug-likeness (QED) is 0.876. The van der Waals surface area contributed by atoms with Crippen LogP contribution in [0.4, 0.5) is 5.95 Å². The highest BCUT2D eigenvalue weighted by Crippen LogP contribution is 2.20. The second-order valence-electron chi connectivity index (χ2n) is 6.61. The van der Waals surface area contributed by atoms with Crippen LogP contribution in [0.3, 0.4) is 0 Å². The lowest BCUT2D eigenvalue weighted by Crippen LogP contribution is -2.29. The highest BCUT2D eigenvalue weighted by atomic mass is 16.2. The first-order chi connectivity index (χ1) is 12.2. The number of likely N-dealkylation sites (N-methyl/N-ethyl adjacent to an activating group) is 1. The minimum atomic E-state index is -0.0572. The number of nitrogens with one attached hydrogen (secondary N) is 1. The lowest BCUT2D eigenvalue weighted by molar-refractivity contribution is 0.0796. The topological polar surface area (TPSA) is 71.0 Å². The molecule has 1 N–H and O–H groups in total. The Morgan fingerprint density at radius 2 is 1.84 bits per heavy atom. The van der Waals surface area contributed by atoms with E-state index in [0.29, 0.717) is 24.1 Å². The normalized spacial score (nSPS) is 14.9. The van der Waals surface area contributed by atoms with Gasteiger partial charge in [-0.25, -0.2) is 9.97 Å². The van der Waals surface area contributed by atoms with E-state index in [1.165, 1.54) is 32.1 Å². The number of rotatable bonds is 6. The summed E-state index contributed by atoms with van der Waals surface area (Å²) < 4.78 is 0. The minimum absolute atomic E-state index is 0.0572. The number of hydrogen-bond donors (Lipinski definition) is 1. The molecule has 0 radical (unpaired) electrons. The summed E-state index contributed by atoms with van der Waals surface area (Å²) in [6.07, 6.45) is 13.7. The van der Waals surface area contributed by atoms with Gasteiger partial charge >= 0.3 is 0 Å². The highest BCUT2D eigenvalue weighted by Gasteiger charge is 2.16. The Morgan fingerprint density at radius 3 is 2.52 bits per heavy atom. The van der Waals surface area contributed by atoms with Crippen molar-refractivity contribution in [3.63, 3.8) is 0 Å². The number of carbonyl (C=O) groups is 1. The molecule has 3 rings (SSSR count). The van der Waals surface area contributed by atoms with Crippen molar-refractivity contribution in [1.29, 1.82) is 0 Å². The Morgan fingerprint density at radius 1 is 1.16 bits per heavy atom. The van der Waals surface area contributed by atoms with Gasteiger partial charge in [-0.05, 0) is 37.0 Å². The van der Waals surface area contributed by atoms with Crippen LogP contribution in [0, 0.1) is 0 Å². The van der Waals surface area contributed by atoms with Gasteiger partial charge in [-0.1, -0.05) is 19.3 Å². The fourth-order valence-electron chi connectivity index (χ4n) is 3.11. The monoisotopic (exact) mass is 339 g/mol. The van der Waals surface area contributed by atoms with E-state index in [9.17, 15) is 4.79 Å². The second kappa shape index (κ2) is 8.55. The van der Waals surface area contributed by atoms with Crippen LogP contribution in [0.2, 0.25) is 0 Å². The molecule has 0 aromatic carbocycles. The molecule has 6 nitrogen and oxygen atoms in total. The zero-order valence-corrected chi connectivity index (χ0v) is 14.7. The van der Waals surface area contributed by atoms with Crippen LogP contribution in [0.25, 0.3) is 0 Å². The number of aromatic nitrogens is 3. The third-order valence-corrected chi connectivity index (χ3v) is 4.67. The predicted octanol–water partition coefficient (Wildman–Crippen LogP) is 2.93. The van der Waals surface area contributed by atoms with Gasteiger partial charge in [0.2, 0.25) is 5.95 Å². The molecule has 0 saturated heterocycles. The van der Waals surface area contributed by atoms with Crippen LogP contribution in [-0.4, -0.2) is 45.4 Å². The SMILES string of the molecule is CN(CCc1ccncc1)C(=O)c1cnc(NC2CCCCC2)nc1. The summed E-state index contributed by atoms with van der Waals surface area (Å²) >= 11 is 0. The van der Waals surface area contributed by atoms with Crippen LogP contribution in [0.1, 0.15) is 48.0 Å². The summed E-state index contributed by atoms with van der Waals surface area (Å²) in [7, 11) is 1.80. The Bertz CT molecular complexity index is 668. The Kier molecular flexibility index (Phi) is 5.93. The van der Waals surface area contributed by atoms with Crippen molar-refractivity contribution in [2.24, 2.45) is 0 Å². The van der Waals surface area contributed by atoms with E-state index in [-0.39, 0.29) is 5.91 Å². The number of hydrogen-bond acceptors (Lipinski definition) is 5. The van der Waals surface area contributed by atoms with E-state index in [2.05, 4.69) is 20.3 Å². The Hall–Kier alpha value is -2.50. The first-order valence-corrected chi connectivity index (χ1v) is 8.95. The zero-order chi connectivity index (χ0) is 17.5. The van der Waals surface area contributed by atoms with E-state index in [0.717, 1.165) is 12.0 Å². The highest BCUT2D eigenvalue weighted by molar-refractivity contribution is 5.93. The fraction of sp³-hybridized carbons (Fsp3) is 0.474. The van der Waals surface area contributed by atoms with Gasteiger partial charge in [-0.15, -0.1) is 0 Å². The Balaban J connectivity index is 1.52. The van der Waals surface area contributed by atoms with Crippen LogP contribution < -0.4 is 5.32 Å². The van der Waals surface area contributed by atoms with Crippen LogP contribution in [0.5, 0.6) is 0 Å². The molecule has 2 aromatic heterocycles. The Labute approximate surface area is 148 Å². The molecule has 1 fully saturated rings.